The highest BCUT2D eigenvalue weighted by atomic mass is 16.2. The molecule has 0 aliphatic carbocycles. The molecule has 1 aromatic rings. The van der Waals surface area contributed by atoms with Crippen molar-refractivity contribution in [3.63, 3.8) is 0 Å². The standard InChI is InChI=1S/C15H20N2O/c18-15-14-7-2-1-5-12(14)11-17(15)10-8-13-6-3-4-9-16-13/h1-2,5,7,13,16H,3-4,6,8-11H2. The summed E-state index contributed by atoms with van der Waals surface area (Å²) in [5.41, 5.74) is 2.08. The third kappa shape index (κ3) is 2.27. The van der Waals surface area contributed by atoms with E-state index in [4.69, 9.17) is 0 Å². The van der Waals surface area contributed by atoms with Gasteiger partial charge in [-0.1, -0.05) is 24.6 Å². The fourth-order valence-corrected chi connectivity index (χ4v) is 2.98. The minimum atomic E-state index is 0.210. The number of nitrogens with one attached hydrogen (secondary N) is 1. The van der Waals surface area contributed by atoms with E-state index in [1.165, 1.54) is 24.8 Å². The molecule has 1 N–H and O–H groups in total. The molecule has 18 heavy (non-hydrogen) atoms. The lowest BCUT2D eigenvalue weighted by Crippen LogP contribution is -2.37. The van der Waals surface area contributed by atoms with Gasteiger partial charge in [-0.05, 0) is 37.4 Å². The molecule has 1 fully saturated rings. The molecular weight excluding hydrogens is 224 g/mol. The van der Waals surface area contributed by atoms with E-state index in [0.717, 1.165) is 31.6 Å². The Balaban J connectivity index is 1.57. The summed E-state index contributed by atoms with van der Waals surface area (Å²) >= 11 is 0. The first kappa shape index (κ1) is 11.7. The molecule has 0 aromatic heterocycles. The predicted molar refractivity (Wildman–Crippen MR) is 71.4 cm³/mol. The van der Waals surface area contributed by atoms with Crippen LogP contribution in [0.3, 0.4) is 0 Å². The van der Waals surface area contributed by atoms with Crippen LogP contribution in [0.25, 0.3) is 0 Å². The first-order valence-corrected chi connectivity index (χ1v) is 6.95. The van der Waals surface area contributed by atoms with Crippen LogP contribution in [0.1, 0.15) is 41.6 Å². The molecule has 0 bridgehead atoms. The van der Waals surface area contributed by atoms with Crippen molar-refractivity contribution < 1.29 is 4.79 Å². The molecule has 0 radical (unpaired) electrons. The third-order valence-corrected chi connectivity index (χ3v) is 4.06. The molecule has 3 rings (SSSR count). The second-order valence-electron chi connectivity index (χ2n) is 5.32. The zero-order valence-electron chi connectivity index (χ0n) is 10.7. The number of nitrogens with zero attached hydrogens (tertiary/aromatic N) is 1. The average Bonchev–Trinajstić information content (AvgIpc) is 2.75. The number of hydrogen-bond acceptors (Lipinski definition) is 2. The van der Waals surface area contributed by atoms with Gasteiger partial charge in [-0.3, -0.25) is 4.79 Å². The van der Waals surface area contributed by atoms with Gasteiger partial charge >= 0.3 is 0 Å². The Kier molecular flexibility index (Phi) is 3.33. The third-order valence-electron chi connectivity index (χ3n) is 4.06. The number of fused-ring (bicyclic) bond motifs is 1. The van der Waals surface area contributed by atoms with Crippen molar-refractivity contribution in [2.24, 2.45) is 0 Å². The van der Waals surface area contributed by atoms with Crippen molar-refractivity contribution in [2.75, 3.05) is 13.1 Å². The summed E-state index contributed by atoms with van der Waals surface area (Å²) in [5, 5.41) is 3.54. The Morgan fingerprint density at radius 2 is 2.17 bits per heavy atom. The van der Waals surface area contributed by atoms with Crippen LogP contribution >= 0.6 is 0 Å². The molecule has 3 heteroatoms. The minimum absolute atomic E-state index is 0.210. The van der Waals surface area contributed by atoms with Crippen molar-refractivity contribution in [1.29, 1.82) is 0 Å². The molecule has 1 unspecified atom stereocenters. The lowest BCUT2D eigenvalue weighted by molar-refractivity contribution is 0.0770. The summed E-state index contributed by atoms with van der Waals surface area (Å²) in [6.07, 6.45) is 4.96. The molecule has 1 saturated heterocycles. The van der Waals surface area contributed by atoms with E-state index in [-0.39, 0.29) is 5.91 Å². The molecule has 1 atom stereocenters. The fourth-order valence-electron chi connectivity index (χ4n) is 2.98. The van der Waals surface area contributed by atoms with Crippen LogP contribution in [0.15, 0.2) is 24.3 Å². The highest BCUT2D eigenvalue weighted by Gasteiger charge is 2.27. The smallest absolute Gasteiger partial charge is 0.254 e. The van der Waals surface area contributed by atoms with Gasteiger partial charge < -0.3 is 10.2 Å². The van der Waals surface area contributed by atoms with Gasteiger partial charge in [-0.2, -0.15) is 0 Å². The summed E-state index contributed by atoms with van der Waals surface area (Å²) in [4.78, 5) is 14.2. The Morgan fingerprint density at radius 3 is 2.94 bits per heavy atom. The number of piperidine rings is 1. The highest BCUT2D eigenvalue weighted by molar-refractivity contribution is 5.98. The van der Waals surface area contributed by atoms with E-state index in [1.807, 2.05) is 23.1 Å². The summed E-state index contributed by atoms with van der Waals surface area (Å²) in [5.74, 6) is 0.210. The molecular formula is C15H20N2O. The van der Waals surface area contributed by atoms with E-state index in [9.17, 15) is 4.79 Å². The maximum Gasteiger partial charge on any atom is 0.254 e. The summed E-state index contributed by atoms with van der Waals surface area (Å²) in [6.45, 7) is 2.81. The number of benzene rings is 1. The minimum Gasteiger partial charge on any atom is -0.334 e. The first-order chi connectivity index (χ1) is 8.84. The van der Waals surface area contributed by atoms with Gasteiger partial charge in [0.1, 0.15) is 0 Å². The summed E-state index contributed by atoms with van der Waals surface area (Å²) in [7, 11) is 0. The van der Waals surface area contributed by atoms with Crippen LogP contribution < -0.4 is 5.32 Å². The zero-order valence-corrected chi connectivity index (χ0v) is 10.7. The second kappa shape index (κ2) is 5.11. The topological polar surface area (TPSA) is 32.3 Å². The highest BCUT2D eigenvalue weighted by Crippen LogP contribution is 2.23. The largest absolute Gasteiger partial charge is 0.334 e. The van der Waals surface area contributed by atoms with Crippen molar-refractivity contribution in [2.45, 2.75) is 38.3 Å². The van der Waals surface area contributed by atoms with Gasteiger partial charge in [0.25, 0.3) is 5.91 Å². The first-order valence-electron chi connectivity index (χ1n) is 6.95. The molecule has 0 spiro atoms. The Labute approximate surface area is 108 Å². The van der Waals surface area contributed by atoms with Crippen LogP contribution in [-0.4, -0.2) is 29.9 Å². The number of rotatable bonds is 3. The van der Waals surface area contributed by atoms with Crippen molar-refractivity contribution in [3.8, 4) is 0 Å². The van der Waals surface area contributed by atoms with E-state index in [0.29, 0.717) is 6.04 Å². The van der Waals surface area contributed by atoms with Crippen molar-refractivity contribution in [1.82, 2.24) is 10.2 Å². The van der Waals surface area contributed by atoms with Gasteiger partial charge in [0.05, 0.1) is 0 Å². The van der Waals surface area contributed by atoms with E-state index < -0.39 is 0 Å². The molecule has 1 aromatic carbocycles. The molecule has 3 nitrogen and oxygen atoms in total. The quantitative estimate of drug-likeness (QED) is 0.884. The van der Waals surface area contributed by atoms with Crippen LogP contribution in [0.2, 0.25) is 0 Å². The van der Waals surface area contributed by atoms with Gasteiger partial charge in [0.15, 0.2) is 0 Å². The van der Waals surface area contributed by atoms with E-state index >= 15 is 0 Å². The molecule has 1 amide bonds. The lowest BCUT2D eigenvalue weighted by atomic mass is 10.0. The molecule has 96 valence electrons. The van der Waals surface area contributed by atoms with E-state index in [2.05, 4.69) is 11.4 Å². The second-order valence-corrected chi connectivity index (χ2v) is 5.32. The summed E-state index contributed by atoms with van der Waals surface area (Å²) < 4.78 is 0. The Morgan fingerprint density at radius 1 is 1.28 bits per heavy atom. The fraction of sp³-hybridized carbons (Fsp3) is 0.533. The number of carbonyl (C=O) groups excluding carboxylic acids is 1. The number of carbonyl (C=O) groups is 1. The SMILES string of the molecule is O=C1c2ccccc2CN1CCC1CCCCN1. The molecule has 2 aliphatic rings. The maximum atomic E-state index is 12.2. The normalized spacial score (nSPS) is 23.2. The Bertz CT molecular complexity index is 438. The van der Waals surface area contributed by atoms with Crippen molar-refractivity contribution in [3.05, 3.63) is 35.4 Å². The number of hydrogen-bond donors (Lipinski definition) is 1. The van der Waals surface area contributed by atoms with Crippen LogP contribution in [0.4, 0.5) is 0 Å². The van der Waals surface area contributed by atoms with Crippen LogP contribution in [0, 0.1) is 0 Å². The predicted octanol–water partition coefficient (Wildman–Crippen LogP) is 2.17. The Hall–Kier alpha value is -1.35. The lowest BCUT2D eigenvalue weighted by Gasteiger charge is -2.25. The van der Waals surface area contributed by atoms with Crippen molar-refractivity contribution >= 4 is 5.91 Å². The zero-order chi connectivity index (χ0) is 12.4. The molecule has 2 aliphatic heterocycles. The van der Waals surface area contributed by atoms with Crippen LogP contribution in [0.5, 0.6) is 0 Å². The average molecular weight is 244 g/mol. The monoisotopic (exact) mass is 244 g/mol. The van der Waals surface area contributed by atoms with Gasteiger partial charge in [0, 0.05) is 24.7 Å². The van der Waals surface area contributed by atoms with Crippen LogP contribution in [-0.2, 0) is 6.54 Å². The molecule has 0 saturated carbocycles. The van der Waals surface area contributed by atoms with E-state index in [1.54, 1.807) is 0 Å². The van der Waals surface area contributed by atoms with Gasteiger partial charge in [-0.25, -0.2) is 0 Å². The summed E-state index contributed by atoms with van der Waals surface area (Å²) in [6, 6.07) is 8.57. The number of amides is 1. The maximum absolute atomic E-state index is 12.2. The van der Waals surface area contributed by atoms with Gasteiger partial charge in [-0.15, -0.1) is 0 Å². The van der Waals surface area contributed by atoms with Gasteiger partial charge in [0.2, 0.25) is 0 Å². The molecule has 2 heterocycles.